The summed E-state index contributed by atoms with van der Waals surface area (Å²) < 4.78 is 18.6. The molecule has 7 nitrogen and oxygen atoms in total. The van der Waals surface area contributed by atoms with Crippen molar-refractivity contribution in [3.63, 3.8) is 0 Å². The molecule has 0 spiro atoms. The van der Waals surface area contributed by atoms with Gasteiger partial charge in [0.2, 0.25) is 0 Å². The van der Waals surface area contributed by atoms with Crippen molar-refractivity contribution in [3.8, 4) is 5.75 Å². The Morgan fingerprint density at radius 3 is 2.47 bits per heavy atom. The molecule has 0 amide bonds. The van der Waals surface area contributed by atoms with Gasteiger partial charge >= 0.3 is 5.69 Å². The predicted molar refractivity (Wildman–Crippen MR) is 65.8 cm³/mol. The maximum atomic E-state index is 13.7. The molecule has 8 heteroatoms. The van der Waals surface area contributed by atoms with Gasteiger partial charge in [0.1, 0.15) is 0 Å². The summed E-state index contributed by atoms with van der Waals surface area (Å²) in [6, 6.07) is 1.83. The number of halogens is 1. The SMILES string of the molecule is COc1cc(NC(C)(CO)CO)c(F)cc1[N+](=O)[O-]. The summed E-state index contributed by atoms with van der Waals surface area (Å²) in [5.74, 6) is -0.993. The van der Waals surface area contributed by atoms with E-state index >= 15 is 0 Å². The van der Waals surface area contributed by atoms with E-state index in [0.717, 1.165) is 12.1 Å². The number of nitrogens with zero attached hydrogens (tertiary/aromatic N) is 1. The molecule has 0 atom stereocenters. The second kappa shape index (κ2) is 5.81. The van der Waals surface area contributed by atoms with Gasteiger partial charge in [0, 0.05) is 6.07 Å². The van der Waals surface area contributed by atoms with Crippen molar-refractivity contribution in [2.24, 2.45) is 0 Å². The van der Waals surface area contributed by atoms with E-state index in [2.05, 4.69) is 5.32 Å². The van der Waals surface area contributed by atoms with Gasteiger partial charge in [-0.2, -0.15) is 0 Å². The minimum Gasteiger partial charge on any atom is -0.490 e. The van der Waals surface area contributed by atoms with Crippen LogP contribution >= 0.6 is 0 Å². The van der Waals surface area contributed by atoms with Crippen LogP contribution in [0.5, 0.6) is 5.75 Å². The number of aliphatic hydroxyl groups excluding tert-OH is 2. The zero-order chi connectivity index (χ0) is 14.6. The number of nitrogens with one attached hydrogen (secondary N) is 1. The molecule has 1 aromatic rings. The highest BCUT2D eigenvalue weighted by Gasteiger charge is 2.26. The van der Waals surface area contributed by atoms with Gasteiger partial charge in [0.25, 0.3) is 0 Å². The molecule has 0 fully saturated rings. The Morgan fingerprint density at radius 1 is 1.47 bits per heavy atom. The zero-order valence-electron chi connectivity index (χ0n) is 10.5. The molecule has 3 N–H and O–H groups in total. The summed E-state index contributed by atoms with van der Waals surface area (Å²) in [6.45, 7) is 0.588. The Morgan fingerprint density at radius 2 is 2.05 bits per heavy atom. The largest absolute Gasteiger partial charge is 0.490 e. The summed E-state index contributed by atoms with van der Waals surface area (Å²) in [5, 5.41) is 31.5. The van der Waals surface area contributed by atoms with Crippen LogP contribution in [0.4, 0.5) is 15.8 Å². The molecule has 106 valence electrons. The highest BCUT2D eigenvalue weighted by Crippen LogP contribution is 2.33. The molecule has 0 saturated carbocycles. The number of anilines is 1. The maximum absolute atomic E-state index is 13.7. The van der Waals surface area contributed by atoms with Crippen molar-refractivity contribution in [3.05, 3.63) is 28.1 Å². The Balaban J connectivity index is 3.20. The molecule has 0 unspecified atom stereocenters. The number of hydrogen-bond donors (Lipinski definition) is 3. The summed E-state index contributed by atoms with van der Waals surface area (Å²) in [5.41, 5.74) is -1.75. The van der Waals surface area contributed by atoms with Crippen molar-refractivity contribution < 1.29 is 24.3 Å². The van der Waals surface area contributed by atoms with Gasteiger partial charge in [-0.15, -0.1) is 0 Å². The molecule has 0 aliphatic carbocycles. The van der Waals surface area contributed by atoms with Crippen LogP contribution in [0.3, 0.4) is 0 Å². The van der Waals surface area contributed by atoms with Gasteiger partial charge in [-0.3, -0.25) is 10.1 Å². The fourth-order valence-electron chi connectivity index (χ4n) is 1.40. The van der Waals surface area contributed by atoms with Crippen LogP contribution < -0.4 is 10.1 Å². The standard InChI is InChI=1S/C11H15FN2O5/c1-11(5-15,6-16)13-8-4-10(19-2)9(14(17)18)3-7(8)12/h3-4,13,15-16H,5-6H2,1-2H3. The molecule has 1 rings (SSSR count). The Labute approximate surface area is 108 Å². The van der Waals surface area contributed by atoms with Crippen molar-refractivity contribution in [2.75, 3.05) is 25.6 Å². The quantitative estimate of drug-likeness (QED) is 0.526. The third-order valence-corrected chi connectivity index (χ3v) is 2.60. The molecule has 0 saturated heterocycles. The van der Waals surface area contributed by atoms with Gasteiger partial charge in [-0.1, -0.05) is 0 Å². The number of aliphatic hydroxyl groups is 2. The molecule has 0 aliphatic heterocycles. The van der Waals surface area contributed by atoms with E-state index < -0.39 is 35.2 Å². The minimum atomic E-state index is -1.15. The van der Waals surface area contributed by atoms with Gasteiger partial charge in [0.15, 0.2) is 11.6 Å². The first-order valence-electron chi connectivity index (χ1n) is 5.38. The molecule has 0 heterocycles. The lowest BCUT2D eigenvalue weighted by Gasteiger charge is -2.27. The molecule has 0 bridgehead atoms. The van der Waals surface area contributed by atoms with E-state index in [0.29, 0.717) is 0 Å². The van der Waals surface area contributed by atoms with Crippen LogP contribution in [-0.2, 0) is 0 Å². The Kier molecular flexibility index (Phi) is 4.62. The first kappa shape index (κ1) is 15.1. The van der Waals surface area contributed by atoms with Gasteiger partial charge < -0.3 is 20.3 Å². The fraction of sp³-hybridized carbons (Fsp3) is 0.455. The number of hydrogen-bond acceptors (Lipinski definition) is 6. The number of benzene rings is 1. The van der Waals surface area contributed by atoms with Crippen LogP contribution in [-0.4, -0.2) is 41.0 Å². The van der Waals surface area contributed by atoms with Crippen LogP contribution in [0.1, 0.15) is 6.92 Å². The van der Waals surface area contributed by atoms with Gasteiger partial charge in [-0.05, 0) is 6.92 Å². The molecule has 1 aromatic carbocycles. The monoisotopic (exact) mass is 274 g/mol. The van der Waals surface area contributed by atoms with Crippen LogP contribution in [0.2, 0.25) is 0 Å². The number of nitro groups is 1. The van der Waals surface area contributed by atoms with E-state index in [9.17, 15) is 14.5 Å². The molecule has 0 radical (unpaired) electrons. The highest BCUT2D eigenvalue weighted by molar-refractivity contribution is 5.60. The maximum Gasteiger partial charge on any atom is 0.313 e. The third kappa shape index (κ3) is 3.30. The predicted octanol–water partition coefficient (Wildman–Crippen LogP) is 0.898. The first-order valence-corrected chi connectivity index (χ1v) is 5.38. The number of rotatable bonds is 6. The van der Waals surface area contributed by atoms with Crippen LogP contribution in [0.25, 0.3) is 0 Å². The van der Waals surface area contributed by atoms with Gasteiger partial charge in [0.05, 0.1) is 42.5 Å². The average molecular weight is 274 g/mol. The van der Waals surface area contributed by atoms with Gasteiger partial charge in [-0.25, -0.2) is 4.39 Å². The Bertz CT molecular complexity index is 476. The lowest BCUT2D eigenvalue weighted by Crippen LogP contribution is -2.42. The van der Waals surface area contributed by atoms with E-state index in [4.69, 9.17) is 14.9 Å². The summed E-state index contributed by atoms with van der Waals surface area (Å²) >= 11 is 0. The zero-order valence-corrected chi connectivity index (χ0v) is 10.5. The third-order valence-electron chi connectivity index (χ3n) is 2.60. The number of nitro benzene ring substituents is 1. The van der Waals surface area contributed by atoms with Crippen molar-refractivity contribution >= 4 is 11.4 Å². The van der Waals surface area contributed by atoms with E-state index in [1.54, 1.807) is 0 Å². The molecular formula is C11H15FN2O5. The normalized spacial score (nSPS) is 11.2. The summed E-state index contributed by atoms with van der Waals surface area (Å²) in [6.07, 6.45) is 0. The number of ether oxygens (including phenoxy) is 1. The van der Waals surface area contributed by atoms with Crippen molar-refractivity contribution in [1.29, 1.82) is 0 Å². The van der Waals surface area contributed by atoms with Crippen molar-refractivity contribution in [1.82, 2.24) is 0 Å². The first-order chi connectivity index (χ1) is 8.86. The van der Waals surface area contributed by atoms with Crippen molar-refractivity contribution in [2.45, 2.75) is 12.5 Å². The summed E-state index contributed by atoms with van der Waals surface area (Å²) in [4.78, 5) is 9.94. The Hall–Kier alpha value is -1.93. The second-order valence-corrected chi connectivity index (χ2v) is 4.26. The van der Waals surface area contributed by atoms with Crippen LogP contribution in [0, 0.1) is 15.9 Å². The van der Waals surface area contributed by atoms with Crippen LogP contribution in [0.15, 0.2) is 12.1 Å². The minimum absolute atomic E-state index is 0.104. The van der Waals surface area contributed by atoms with E-state index in [1.807, 2.05) is 0 Å². The topological polar surface area (TPSA) is 105 Å². The fourth-order valence-corrected chi connectivity index (χ4v) is 1.40. The molecular weight excluding hydrogens is 259 g/mol. The second-order valence-electron chi connectivity index (χ2n) is 4.26. The van der Waals surface area contributed by atoms with E-state index in [1.165, 1.54) is 14.0 Å². The molecule has 19 heavy (non-hydrogen) atoms. The lowest BCUT2D eigenvalue weighted by molar-refractivity contribution is -0.385. The average Bonchev–Trinajstić information content (AvgIpc) is 2.40. The molecule has 0 aliphatic rings. The number of methoxy groups -OCH3 is 1. The van der Waals surface area contributed by atoms with E-state index in [-0.39, 0.29) is 11.4 Å². The highest BCUT2D eigenvalue weighted by atomic mass is 19.1. The lowest BCUT2D eigenvalue weighted by atomic mass is 10.0. The smallest absolute Gasteiger partial charge is 0.313 e. The molecule has 0 aromatic heterocycles. The summed E-state index contributed by atoms with van der Waals surface area (Å²) in [7, 11) is 1.22.